The third kappa shape index (κ3) is 17.1. The number of nitrogens with zero attached hydrogens (tertiary/aromatic N) is 5. The van der Waals surface area contributed by atoms with E-state index in [4.69, 9.17) is 9.97 Å². The minimum atomic E-state index is 0.0365. The summed E-state index contributed by atoms with van der Waals surface area (Å²) in [6.07, 6.45) is 28.9. The standard InChI is InChI=1S/C45H78N6O/c1-6-9-11-13-15-17-19-25-32-49(8-3)35-28-36-50(33-26-20-18-16-14-12-10-7-2)34-27-21-22-31-42(52)48-45-43-44(51(38-46-43)37-39(4)5)40-29-23-24-30-41(40)47-45/h23-24,29-30,38-39H,6-22,25-28,31-37H2,1-5H3,(H,47,48,52). The maximum absolute atomic E-state index is 13.2. The van der Waals surface area contributed by atoms with Gasteiger partial charge in [-0.3, -0.25) is 4.79 Å². The zero-order valence-electron chi connectivity index (χ0n) is 34.4. The molecule has 2 heterocycles. The molecular weight excluding hydrogens is 641 g/mol. The summed E-state index contributed by atoms with van der Waals surface area (Å²) < 4.78 is 2.20. The molecule has 0 fully saturated rings. The van der Waals surface area contributed by atoms with Crippen LogP contribution in [0.4, 0.5) is 5.82 Å². The summed E-state index contributed by atoms with van der Waals surface area (Å²) in [5, 5.41) is 4.21. The van der Waals surface area contributed by atoms with Crippen molar-refractivity contribution in [3.8, 4) is 0 Å². The maximum Gasteiger partial charge on any atom is 0.225 e. The summed E-state index contributed by atoms with van der Waals surface area (Å²) >= 11 is 0. The smallest absolute Gasteiger partial charge is 0.225 e. The molecule has 0 unspecified atom stereocenters. The van der Waals surface area contributed by atoms with E-state index in [1.165, 1.54) is 135 Å². The van der Waals surface area contributed by atoms with Crippen molar-refractivity contribution >= 4 is 33.7 Å². The van der Waals surface area contributed by atoms with Crippen LogP contribution in [0.1, 0.15) is 169 Å². The Morgan fingerprint density at radius 3 is 1.79 bits per heavy atom. The van der Waals surface area contributed by atoms with Crippen LogP contribution in [0.15, 0.2) is 30.6 Å². The van der Waals surface area contributed by atoms with Crippen LogP contribution in [0, 0.1) is 5.92 Å². The Hall–Kier alpha value is -2.51. The van der Waals surface area contributed by atoms with E-state index < -0.39 is 0 Å². The van der Waals surface area contributed by atoms with Crippen molar-refractivity contribution in [2.75, 3.05) is 44.6 Å². The SMILES string of the molecule is CCCCCCCCCCN(CC)CCCN(CCCCCCCCCC)CCCCCC(=O)Nc1nc2ccccc2c2c1ncn2CC(C)C. The van der Waals surface area contributed by atoms with E-state index in [1.807, 2.05) is 24.5 Å². The van der Waals surface area contributed by atoms with Crippen LogP contribution in [0.3, 0.4) is 0 Å². The number of para-hydroxylation sites is 1. The summed E-state index contributed by atoms with van der Waals surface area (Å²) in [6.45, 7) is 19.4. The molecule has 0 aliphatic heterocycles. The molecule has 1 amide bonds. The third-order valence-corrected chi connectivity index (χ3v) is 10.7. The highest BCUT2D eigenvalue weighted by atomic mass is 16.1. The number of hydrogen-bond acceptors (Lipinski definition) is 5. The van der Waals surface area contributed by atoms with Crippen molar-refractivity contribution in [3.05, 3.63) is 30.6 Å². The molecule has 2 aromatic heterocycles. The normalized spacial score (nSPS) is 12.0. The highest BCUT2D eigenvalue weighted by Crippen LogP contribution is 2.29. The fraction of sp³-hybridized carbons (Fsp3) is 0.756. The van der Waals surface area contributed by atoms with Gasteiger partial charge in [-0.25, -0.2) is 9.97 Å². The number of benzene rings is 1. The van der Waals surface area contributed by atoms with Gasteiger partial charge < -0.3 is 19.7 Å². The van der Waals surface area contributed by atoms with Gasteiger partial charge in [-0.2, -0.15) is 0 Å². The fourth-order valence-electron chi connectivity index (χ4n) is 7.61. The first-order valence-electron chi connectivity index (χ1n) is 21.9. The van der Waals surface area contributed by atoms with E-state index in [0.29, 0.717) is 18.2 Å². The summed E-state index contributed by atoms with van der Waals surface area (Å²) in [5.74, 6) is 1.12. The fourth-order valence-corrected chi connectivity index (χ4v) is 7.61. The van der Waals surface area contributed by atoms with Gasteiger partial charge in [-0.05, 0) is 83.4 Å². The third-order valence-electron chi connectivity index (χ3n) is 10.7. The molecule has 294 valence electrons. The Morgan fingerprint density at radius 2 is 1.19 bits per heavy atom. The van der Waals surface area contributed by atoms with Crippen LogP contribution in [-0.4, -0.2) is 69.5 Å². The second kappa shape index (κ2) is 27.1. The Bertz CT molecular complexity index is 1350. The van der Waals surface area contributed by atoms with Gasteiger partial charge >= 0.3 is 0 Å². The number of aromatic nitrogens is 3. The molecule has 0 atom stereocenters. The molecule has 7 heteroatoms. The van der Waals surface area contributed by atoms with E-state index in [1.54, 1.807) is 0 Å². The van der Waals surface area contributed by atoms with E-state index in [9.17, 15) is 4.79 Å². The lowest BCUT2D eigenvalue weighted by atomic mass is 10.1. The minimum Gasteiger partial charge on any atom is -0.330 e. The van der Waals surface area contributed by atoms with Crippen molar-refractivity contribution < 1.29 is 4.79 Å². The van der Waals surface area contributed by atoms with Gasteiger partial charge in [0.1, 0.15) is 5.52 Å². The quantitative estimate of drug-likeness (QED) is 0.0651. The van der Waals surface area contributed by atoms with Crippen LogP contribution in [0.5, 0.6) is 0 Å². The van der Waals surface area contributed by atoms with Gasteiger partial charge in [0.2, 0.25) is 5.91 Å². The lowest BCUT2D eigenvalue weighted by Crippen LogP contribution is -2.32. The van der Waals surface area contributed by atoms with Crippen molar-refractivity contribution in [2.24, 2.45) is 5.92 Å². The highest BCUT2D eigenvalue weighted by Gasteiger charge is 2.16. The van der Waals surface area contributed by atoms with Gasteiger partial charge in [0.05, 0.1) is 17.4 Å². The van der Waals surface area contributed by atoms with Crippen molar-refractivity contribution in [1.82, 2.24) is 24.3 Å². The first-order valence-corrected chi connectivity index (χ1v) is 21.9. The largest absolute Gasteiger partial charge is 0.330 e. The number of unbranched alkanes of at least 4 members (excludes halogenated alkanes) is 16. The van der Waals surface area contributed by atoms with Crippen LogP contribution < -0.4 is 5.32 Å². The van der Waals surface area contributed by atoms with Gasteiger partial charge in [0.25, 0.3) is 0 Å². The van der Waals surface area contributed by atoms with Gasteiger partial charge in [-0.15, -0.1) is 0 Å². The molecule has 3 aromatic rings. The zero-order valence-corrected chi connectivity index (χ0v) is 34.4. The van der Waals surface area contributed by atoms with Crippen LogP contribution >= 0.6 is 0 Å². The second-order valence-electron chi connectivity index (χ2n) is 15.9. The summed E-state index contributed by atoms with van der Waals surface area (Å²) in [6, 6.07) is 8.17. The molecule has 0 aliphatic rings. The monoisotopic (exact) mass is 719 g/mol. The maximum atomic E-state index is 13.2. The lowest BCUT2D eigenvalue weighted by molar-refractivity contribution is -0.116. The first-order chi connectivity index (χ1) is 25.5. The number of fused-ring (bicyclic) bond motifs is 3. The molecule has 52 heavy (non-hydrogen) atoms. The lowest BCUT2D eigenvalue weighted by Gasteiger charge is -2.25. The molecule has 0 spiro atoms. The van der Waals surface area contributed by atoms with Crippen molar-refractivity contribution in [2.45, 2.75) is 176 Å². The molecule has 0 aliphatic carbocycles. The van der Waals surface area contributed by atoms with Crippen molar-refractivity contribution in [3.63, 3.8) is 0 Å². The van der Waals surface area contributed by atoms with E-state index in [0.717, 1.165) is 60.8 Å². The molecule has 0 saturated heterocycles. The highest BCUT2D eigenvalue weighted by molar-refractivity contribution is 6.09. The molecule has 0 radical (unpaired) electrons. The average molecular weight is 719 g/mol. The van der Waals surface area contributed by atoms with Crippen molar-refractivity contribution in [1.29, 1.82) is 0 Å². The molecule has 7 nitrogen and oxygen atoms in total. The number of nitrogens with one attached hydrogen (secondary N) is 1. The van der Waals surface area contributed by atoms with Crippen LogP contribution in [0.25, 0.3) is 21.9 Å². The van der Waals surface area contributed by atoms with E-state index in [-0.39, 0.29) is 5.91 Å². The number of amides is 1. The summed E-state index contributed by atoms with van der Waals surface area (Å²) in [4.78, 5) is 28.1. The van der Waals surface area contributed by atoms with Gasteiger partial charge in [0.15, 0.2) is 5.82 Å². The molecule has 1 aromatic carbocycles. The topological polar surface area (TPSA) is 66.3 Å². The Labute approximate surface area is 319 Å². The summed E-state index contributed by atoms with van der Waals surface area (Å²) in [5.41, 5.74) is 2.73. The summed E-state index contributed by atoms with van der Waals surface area (Å²) in [7, 11) is 0. The van der Waals surface area contributed by atoms with Gasteiger partial charge in [-0.1, -0.05) is 149 Å². The average Bonchev–Trinajstić information content (AvgIpc) is 3.56. The number of hydrogen-bond donors (Lipinski definition) is 1. The van der Waals surface area contributed by atoms with E-state index in [2.05, 4.69) is 60.4 Å². The number of rotatable bonds is 32. The molecule has 0 bridgehead atoms. The van der Waals surface area contributed by atoms with E-state index >= 15 is 0 Å². The number of pyridine rings is 1. The van der Waals surface area contributed by atoms with Crippen LogP contribution in [-0.2, 0) is 11.3 Å². The number of carbonyl (C=O) groups is 1. The molecule has 1 N–H and O–H groups in total. The molecule has 3 rings (SSSR count). The predicted molar refractivity (Wildman–Crippen MR) is 225 cm³/mol. The first kappa shape index (κ1) is 43.9. The zero-order chi connectivity index (χ0) is 37.2. The molecule has 0 saturated carbocycles. The Kier molecular flexibility index (Phi) is 22.9. The number of imidazole rings is 1. The number of anilines is 1. The molecular formula is C45H78N6O. The predicted octanol–water partition coefficient (Wildman–Crippen LogP) is 12.0. The Balaban J connectivity index is 1.42. The number of carbonyl (C=O) groups excluding carboxylic acids is 1. The minimum absolute atomic E-state index is 0.0365. The van der Waals surface area contributed by atoms with Crippen LogP contribution in [0.2, 0.25) is 0 Å². The Morgan fingerprint density at radius 1 is 0.673 bits per heavy atom. The second-order valence-corrected chi connectivity index (χ2v) is 15.9. The van der Waals surface area contributed by atoms with Gasteiger partial charge in [0, 0.05) is 18.4 Å².